The summed E-state index contributed by atoms with van der Waals surface area (Å²) in [6.07, 6.45) is 6.30. The van der Waals surface area contributed by atoms with Crippen LogP contribution in [0.2, 0.25) is 0 Å². The summed E-state index contributed by atoms with van der Waals surface area (Å²) in [5, 5.41) is 0. The third kappa shape index (κ3) is 0.244. The van der Waals surface area contributed by atoms with E-state index in [1.807, 2.05) is 0 Å². The van der Waals surface area contributed by atoms with Gasteiger partial charge >= 0.3 is 0 Å². The maximum absolute atomic E-state index is 5.37. The second-order valence-corrected chi connectivity index (χ2v) is 3.00. The zero-order chi connectivity index (χ0) is 5.14. The van der Waals surface area contributed by atoms with Crippen molar-refractivity contribution in [2.45, 2.75) is 25.0 Å². The molecule has 1 heterocycles. The molecule has 2 aliphatic carbocycles. The highest BCUT2D eigenvalue weighted by atomic mass is 16.6. The Morgan fingerprint density at radius 1 is 1.62 bits per heavy atom. The molecule has 0 radical (unpaired) electrons. The average molecular weight is 108 g/mol. The van der Waals surface area contributed by atoms with Crippen molar-refractivity contribution in [1.82, 2.24) is 0 Å². The number of hydrogen-bond acceptors (Lipinski definition) is 1. The lowest BCUT2D eigenvalue weighted by Crippen LogP contribution is -1.99. The number of hydrogen-bond donors (Lipinski definition) is 0. The number of fused-ring (bicyclic) bond motifs is 5. The molecule has 2 fully saturated rings. The number of allylic oxidation sites excluding steroid dienone is 1. The molecule has 2 bridgehead atoms. The number of epoxide rings is 1. The van der Waals surface area contributed by atoms with Crippen molar-refractivity contribution in [3.05, 3.63) is 11.6 Å². The molecule has 3 rings (SSSR count). The van der Waals surface area contributed by atoms with Crippen molar-refractivity contribution < 1.29 is 4.74 Å². The van der Waals surface area contributed by atoms with Crippen molar-refractivity contribution in [2.75, 3.05) is 0 Å². The van der Waals surface area contributed by atoms with Gasteiger partial charge in [-0.25, -0.2) is 0 Å². The van der Waals surface area contributed by atoms with Crippen molar-refractivity contribution in [3.8, 4) is 0 Å². The molecule has 1 aliphatic heterocycles. The quantitative estimate of drug-likeness (QED) is 0.334. The Balaban J connectivity index is 2.16. The Morgan fingerprint density at radius 3 is 3.12 bits per heavy atom. The van der Waals surface area contributed by atoms with E-state index in [0.29, 0.717) is 12.2 Å². The van der Waals surface area contributed by atoms with Gasteiger partial charge in [-0.05, 0) is 24.3 Å². The predicted molar refractivity (Wildman–Crippen MR) is 29.5 cm³/mol. The van der Waals surface area contributed by atoms with Crippen LogP contribution in [0.25, 0.3) is 0 Å². The van der Waals surface area contributed by atoms with Gasteiger partial charge in [0.15, 0.2) is 0 Å². The maximum atomic E-state index is 5.37. The molecule has 0 N–H and O–H groups in total. The Kier molecular flexibility index (Phi) is 0.406. The van der Waals surface area contributed by atoms with Gasteiger partial charge in [0.25, 0.3) is 0 Å². The van der Waals surface area contributed by atoms with Crippen LogP contribution >= 0.6 is 0 Å². The van der Waals surface area contributed by atoms with Crippen molar-refractivity contribution in [1.29, 1.82) is 0 Å². The van der Waals surface area contributed by atoms with E-state index in [-0.39, 0.29) is 0 Å². The van der Waals surface area contributed by atoms with Gasteiger partial charge in [-0.1, -0.05) is 6.08 Å². The first-order valence-corrected chi connectivity index (χ1v) is 3.29. The Bertz CT molecular complexity index is 171. The summed E-state index contributed by atoms with van der Waals surface area (Å²) in [7, 11) is 0. The van der Waals surface area contributed by atoms with Crippen LogP contribution in [0, 0.1) is 5.92 Å². The van der Waals surface area contributed by atoms with E-state index in [4.69, 9.17) is 4.74 Å². The van der Waals surface area contributed by atoms with E-state index in [0.717, 1.165) is 5.92 Å². The summed E-state index contributed by atoms with van der Waals surface area (Å²) >= 11 is 0. The van der Waals surface area contributed by atoms with Gasteiger partial charge in [-0.3, -0.25) is 0 Å². The van der Waals surface area contributed by atoms with E-state index in [2.05, 4.69) is 6.08 Å². The normalized spacial score (nSPS) is 56.0. The van der Waals surface area contributed by atoms with Crippen molar-refractivity contribution >= 4 is 0 Å². The van der Waals surface area contributed by atoms with E-state index in [9.17, 15) is 0 Å². The van der Waals surface area contributed by atoms with Crippen LogP contribution in [0.1, 0.15) is 12.8 Å². The molecule has 8 heavy (non-hydrogen) atoms. The Morgan fingerprint density at radius 2 is 2.62 bits per heavy atom. The van der Waals surface area contributed by atoms with Crippen molar-refractivity contribution in [3.63, 3.8) is 0 Å². The van der Waals surface area contributed by atoms with E-state index >= 15 is 0 Å². The van der Waals surface area contributed by atoms with Gasteiger partial charge in [-0.15, -0.1) is 0 Å². The third-order valence-electron chi connectivity index (χ3n) is 2.54. The Labute approximate surface area is 48.3 Å². The highest BCUT2D eigenvalue weighted by molar-refractivity contribution is 5.31. The zero-order valence-electron chi connectivity index (χ0n) is 4.63. The minimum Gasteiger partial charge on any atom is -0.365 e. The molecule has 0 aromatic rings. The Hall–Kier alpha value is -0.300. The maximum Gasteiger partial charge on any atom is 0.105 e. The fourth-order valence-electron chi connectivity index (χ4n) is 2.04. The van der Waals surface area contributed by atoms with Crippen LogP contribution < -0.4 is 0 Å². The molecule has 0 amide bonds. The molecule has 1 saturated carbocycles. The predicted octanol–water partition coefficient (Wildman–Crippen LogP) is 1.10. The van der Waals surface area contributed by atoms with Gasteiger partial charge in [0.05, 0.1) is 6.10 Å². The summed E-state index contributed by atoms with van der Waals surface area (Å²) in [5.74, 6) is 0.898. The first-order chi connectivity index (χ1) is 3.95. The monoisotopic (exact) mass is 108 g/mol. The van der Waals surface area contributed by atoms with Gasteiger partial charge < -0.3 is 4.74 Å². The first-order valence-electron chi connectivity index (χ1n) is 3.29. The second kappa shape index (κ2) is 0.883. The molecule has 1 heteroatoms. The molecular formula is C7H8O. The molecule has 3 aliphatic rings. The topological polar surface area (TPSA) is 12.5 Å². The van der Waals surface area contributed by atoms with Crippen LogP contribution in [0.4, 0.5) is 0 Å². The molecule has 3 atom stereocenters. The SMILES string of the molecule is C1=C2C[C@@H](C1)[C@@H]1O[C@H]21. The first kappa shape index (κ1) is 3.67. The number of rotatable bonds is 0. The molecule has 0 aromatic carbocycles. The minimum atomic E-state index is 0.605. The molecule has 0 aromatic heterocycles. The molecular weight excluding hydrogens is 100 g/mol. The van der Waals surface area contributed by atoms with Crippen LogP contribution in [-0.4, -0.2) is 12.2 Å². The summed E-state index contributed by atoms with van der Waals surface area (Å²) in [6.45, 7) is 0. The number of ether oxygens (including phenoxy) is 1. The molecule has 0 unspecified atom stereocenters. The molecule has 1 saturated heterocycles. The fourth-order valence-corrected chi connectivity index (χ4v) is 2.04. The van der Waals surface area contributed by atoms with Gasteiger partial charge in [0.1, 0.15) is 6.10 Å². The van der Waals surface area contributed by atoms with E-state index < -0.39 is 0 Å². The summed E-state index contributed by atoms with van der Waals surface area (Å²) in [4.78, 5) is 0. The van der Waals surface area contributed by atoms with Crippen LogP contribution in [0.3, 0.4) is 0 Å². The molecule has 0 spiro atoms. The average Bonchev–Trinajstić information content (AvgIpc) is 2.39. The van der Waals surface area contributed by atoms with Crippen LogP contribution in [0.15, 0.2) is 11.6 Å². The smallest absolute Gasteiger partial charge is 0.105 e. The lowest BCUT2D eigenvalue weighted by molar-refractivity contribution is 0.308. The summed E-state index contributed by atoms with van der Waals surface area (Å²) in [5.41, 5.74) is 1.60. The van der Waals surface area contributed by atoms with Crippen LogP contribution in [0.5, 0.6) is 0 Å². The minimum absolute atomic E-state index is 0.605. The van der Waals surface area contributed by atoms with Crippen LogP contribution in [-0.2, 0) is 4.74 Å². The van der Waals surface area contributed by atoms with E-state index in [1.54, 1.807) is 5.57 Å². The standard InChI is InChI=1S/C7H8O/c1-2-5-3-4(1)6-7(5)8-6/h1,5-7H,2-3H2/t5-,6-,7+/m1/s1. The second-order valence-electron chi connectivity index (χ2n) is 3.00. The highest BCUT2D eigenvalue weighted by Gasteiger charge is 2.55. The lowest BCUT2D eigenvalue weighted by atomic mass is 10.1. The van der Waals surface area contributed by atoms with E-state index in [1.165, 1.54) is 12.8 Å². The highest BCUT2D eigenvalue weighted by Crippen LogP contribution is 2.52. The fraction of sp³-hybridized carbons (Fsp3) is 0.714. The largest absolute Gasteiger partial charge is 0.365 e. The van der Waals surface area contributed by atoms with Gasteiger partial charge in [0, 0.05) is 0 Å². The molecule has 42 valence electrons. The van der Waals surface area contributed by atoms with Gasteiger partial charge in [-0.2, -0.15) is 0 Å². The van der Waals surface area contributed by atoms with Crippen molar-refractivity contribution in [2.24, 2.45) is 5.92 Å². The summed E-state index contributed by atoms with van der Waals surface area (Å²) < 4.78 is 5.37. The summed E-state index contributed by atoms with van der Waals surface area (Å²) in [6, 6.07) is 0. The zero-order valence-corrected chi connectivity index (χ0v) is 4.63. The van der Waals surface area contributed by atoms with Gasteiger partial charge in [0.2, 0.25) is 0 Å². The molecule has 1 nitrogen and oxygen atoms in total. The lowest BCUT2D eigenvalue weighted by Gasteiger charge is -1.97. The third-order valence-corrected chi connectivity index (χ3v) is 2.54.